The third-order valence-electron chi connectivity index (χ3n) is 4.80. The SMILES string of the molecule is CC(C)c1ccc(Oc2cccc(CC(C)c3ccc(F)c(F)c3)c2)c(F)c1. The van der Waals surface area contributed by atoms with E-state index in [4.69, 9.17) is 4.74 Å². The second-order valence-electron chi connectivity index (χ2n) is 7.37. The molecule has 0 spiro atoms. The van der Waals surface area contributed by atoms with Crippen LogP contribution >= 0.6 is 0 Å². The monoisotopic (exact) mass is 384 g/mol. The van der Waals surface area contributed by atoms with Crippen molar-refractivity contribution in [2.24, 2.45) is 0 Å². The number of benzene rings is 3. The van der Waals surface area contributed by atoms with Gasteiger partial charge >= 0.3 is 0 Å². The molecule has 4 heteroatoms. The maximum atomic E-state index is 14.3. The Kier molecular flexibility index (Phi) is 6.08. The van der Waals surface area contributed by atoms with Crippen LogP contribution < -0.4 is 4.74 Å². The van der Waals surface area contributed by atoms with Crippen molar-refractivity contribution >= 4 is 0 Å². The third-order valence-corrected chi connectivity index (χ3v) is 4.80. The largest absolute Gasteiger partial charge is 0.454 e. The number of hydrogen-bond donors (Lipinski definition) is 0. The molecule has 3 rings (SSSR count). The van der Waals surface area contributed by atoms with E-state index in [0.29, 0.717) is 12.2 Å². The summed E-state index contributed by atoms with van der Waals surface area (Å²) in [6, 6.07) is 16.3. The van der Waals surface area contributed by atoms with Gasteiger partial charge in [-0.2, -0.15) is 0 Å². The average molecular weight is 384 g/mol. The van der Waals surface area contributed by atoms with Crippen molar-refractivity contribution in [2.75, 3.05) is 0 Å². The van der Waals surface area contributed by atoms with Gasteiger partial charge in [0.2, 0.25) is 0 Å². The predicted octanol–water partition coefficient (Wildman–Crippen LogP) is 7.37. The van der Waals surface area contributed by atoms with E-state index in [1.54, 1.807) is 18.2 Å². The second kappa shape index (κ2) is 8.51. The number of ether oxygens (including phenoxy) is 1. The lowest BCUT2D eigenvalue weighted by Gasteiger charge is -2.14. The number of hydrogen-bond acceptors (Lipinski definition) is 1. The van der Waals surface area contributed by atoms with Gasteiger partial charge in [0.15, 0.2) is 23.2 Å². The lowest BCUT2D eigenvalue weighted by molar-refractivity contribution is 0.440. The van der Waals surface area contributed by atoms with Crippen molar-refractivity contribution in [2.45, 2.75) is 39.0 Å². The van der Waals surface area contributed by atoms with E-state index in [-0.39, 0.29) is 17.6 Å². The Bertz CT molecular complexity index is 966. The van der Waals surface area contributed by atoms with Crippen LogP contribution in [0.2, 0.25) is 0 Å². The van der Waals surface area contributed by atoms with Gasteiger partial charge in [0, 0.05) is 0 Å². The molecule has 0 N–H and O–H groups in total. The topological polar surface area (TPSA) is 9.23 Å². The molecule has 0 fully saturated rings. The Labute approximate surface area is 163 Å². The van der Waals surface area contributed by atoms with Crippen LogP contribution in [0.5, 0.6) is 11.5 Å². The lowest BCUT2D eigenvalue weighted by Crippen LogP contribution is -2.00. The molecule has 0 aliphatic rings. The van der Waals surface area contributed by atoms with Gasteiger partial charge in [-0.05, 0) is 71.3 Å². The minimum atomic E-state index is -0.850. The molecule has 146 valence electrons. The highest BCUT2D eigenvalue weighted by Gasteiger charge is 2.12. The summed E-state index contributed by atoms with van der Waals surface area (Å²) in [7, 11) is 0. The summed E-state index contributed by atoms with van der Waals surface area (Å²) in [6.07, 6.45) is 0.622. The fourth-order valence-electron chi connectivity index (χ4n) is 3.11. The fourth-order valence-corrected chi connectivity index (χ4v) is 3.11. The summed E-state index contributed by atoms with van der Waals surface area (Å²) in [4.78, 5) is 0. The summed E-state index contributed by atoms with van der Waals surface area (Å²) in [5, 5.41) is 0. The maximum absolute atomic E-state index is 14.3. The third kappa shape index (κ3) is 4.75. The van der Waals surface area contributed by atoms with Crippen LogP contribution in [0.1, 0.15) is 49.3 Å². The van der Waals surface area contributed by atoms with Crippen molar-refractivity contribution < 1.29 is 17.9 Å². The van der Waals surface area contributed by atoms with Crippen LogP contribution in [0.4, 0.5) is 13.2 Å². The second-order valence-corrected chi connectivity index (χ2v) is 7.37. The Morgan fingerprint density at radius 3 is 2.14 bits per heavy atom. The van der Waals surface area contributed by atoms with Crippen molar-refractivity contribution in [3.8, 4) is 11.5 Å². The van der Waals surface area contributed by atoms with E-state index in [1.165, 1.54) is 12.1 Å². The van der Waals surface area contributed by atoms with Gasteiger partial charge in [0.1, 0.15) is 5.75 Å². The average Bonchev–Trinajstić information content (AvgIpc) is 2.65. The first-order chi connectivity index (χ1) is 13.3. The smallest absolute Gasteiger partial charge is 0.166 e. The van der Waals surface area contributed by atoms with E-state index >= 15 is 0 Å². The summed E-state index contributed by atoms with van der Waals surface area (Å²) in [6.45, 7) is 5.96. The number of rotatable bonds is 6. The van der Waals surface area contributed by atoms with Crippen molar-refractivity contribution in [1.82, 2.24) is 0 Å². The molecular formula is C24H23F3O. The Hall–Kier alpha value is -2.75. The zero-order valence-electron chi connectivity index (χ0n) is 16.2. The zero-order chi connectivity index (χ0) is 20.3. The molecule has 0 aliphatic heterocycles. The highest BCUT2D eigenvalue weighted by molar-refractivity contribution is 5.37. The van der Waals surface area contributed by atoms with E-state index in [1.807, 2.05) is 45.0 Å². The molecule has 0 aromatic heterocycles. The van der Waals surface area contributed by atoms with Crippen LogP contribution in [-0.2, 0) is 6.42 Å². The van der Waals surface area contributed by atoms with Crippen LogP contribution in [0.25, 0.3) is 0 Å². The Balaban J connectivity index is 1.74. The molecule has 3 aromatic rings. The molecule has 0 saturated heterocycles. The lowest BCUT2D eigenvalue weighted by atomic mass is 9.93. The van der Waals surface area contributed by atoms with E-state index < -0.39 is 17.5 Å². The maximum Gasteiger partial charge on any atom is 0.166 e. The van der Waals surface area contributed by atoms with Crippen LogP contribution in [0, 0.1) is 17.5 Å². The quantitative estimate of drug-likeness (QED) is 0.431. The molecule has 1 atom stereocenters. The molecule has 0 aliphatic carbocycles. The Morgan fingerprint density at radius 2 is 1.46 bits per heavy atom. The molecule has 0 radical (unpaired) electrons. The normalized spacial score (nSPS) is 12.2. The summed E-state index contributed by atoms with van der Waals surface area (Å²) in [5.74, 6) is -1.15. The minimum Gasteiger partial charge on any atom is -0.454 e. The molecule has 1 unspecified atom stereocenters. The number of halogens is 3. The fraction of sp³-hybridized carbons (Fsp3) is 0.250. The highest BCUT2D eigenvalue weighted by atomic mass is 19.2. The summed E-state index contributed by atoms with van der Waals surface area (Å²) >= 11 is 0. The molecule has 0 bridgehead atoms. The predicted molar refractivity (Wildman–Crippen MR) is 105 cm³/mol. The van der Waals surface area contributed by atoms with Gasteiger partial charge in [-0.15, -0.1) is 0 Å². The molecule has 28 heavy (non-hydrogen) atoms. The van der Waals surface area contributed by atoms with Gasteiger partial charge in [0.25, 0.3) is 0 Å². The van der Waals surface area contributed by atoms with Gasteiger partial charge in [-0.3, -0.25) is 0 Å². The molecule has 0 heterocycles. The molecule has 0 saturated carbocycles. The first-order valence-electron chi connectivity index (χ1n) is 9.34. The standard InChI is InChI=1S/C24H23F3O/c1-15(2)18-8-10-24(23(27)13-18)28-20-6-4-5-17(12-20)11-16(3)19-7-9-21(25)22(26)14-19/h4-10,12-16H,11H2,1-3H3. The Morgan fingerprint density at radius 1 is 0.750 bits per heavy atom. The first kappa shape index (κ1) is 20.0. The minimum absolute atomic E-state index is 0.00703. The van der Waals surface area contributed by atoms with E-state index in [9.17, 15) is 13.2 Å². The van der Waals surface area contributed by atoms with Gasteiger partial charge in [0.05, 0.1) is 0 Å². The van der Waals surface area contributed by atoms with E-state index in [0.717, 1.165) is 22.8 Å². The van der Waals surface area contributed by atoms with Gasteiger partial charge < -0.3 is 4.74 Å². The highest BCUT2D eigenvalue weighted by Crippen LogP contribution is 2.29. The molecule has 0 amide bonds. The van der Waals surface area contributed by atoms with Crippen LogP contribution in [0.3, 0.4) is 0 Å². The zero-order valence-corrected chi connectivity index (χ0v) is 16.2. The van der Waals surface area contributed by atoms with Gasteiger partial charge in [-0.1, -0.05) is 45.0 Å². The van der Waals surface area contributed by atoms with Crippen molar-refractivity contribution in [3.63, 3.8) is 0 Å². The van der Waals surface area contributed by atoms with Crippen LogP contribution in [-0.4, -0.2) is 0 Å². The first-order valence-corrected chi connectivity index (χ1v) is 9.34. The van der Waals surface area contributed by atoms with Crippen LogP contribution in [0.15, 0.2) is 60.7 Å². The molecular weight excluding hydrogens is 361 g/mol. The van der Waals surface area contributed by atoms with Gasteiger partial charge in [-0.25, -0.2) is 13.2 Å². The summed E-state index contributed by atoms with van der Waals surface area (Å²) in [5.41, 5.74) is 2.61. The van der Waals surface area contributed by atoms with Crippen molar-refractivity contribution in [3.05, 3.63) is 94.8 Å². The van der Waals surface area contributed by atoms with E-state index in [2.05, 4.69) is 0 Å². The summed E-state index contributed by atoms with van der Waals surface area (Å²) < 4.78 is 46.6. The molecule has 3 aromatic carbocycles. The van der Waals surface area contributed by atoms with Crippen molar-refractivity contribution in [1.29, 1.82) is 0 Å². The molecule has 1 nitrogen and oxygen atoms in total.